The van der Waals surface area contributed by atoms with Gasteiger partial charge in [0.1, 0.15) is 5.52 Å². The molecule has 0 saturated heterocycles. The Kier molecular flexibility index (Phi) is 4.27. The van der Waals surface area contributed by atoms with Crippen LogP contribution in [0.25, 0.3) is 33.1 Å². The number of hydrogen-bond donors (Lipinski definition) is 3. The summed E-state index contributed by atoms with van der Waals surface area (Å²) in [6.07, 6.45) is 2.76. The highest BCUT2D eigenvalue weighted by Gasteiger charge is 2.42. The fourth-order valence-electron chi connectivity index (χ4n) is 4.93. The maximum absolute atomic E-state index is 13.4. The van der Waals surface area contributed by atoms with Crippen LogP contribution in [0.3, 0.4) is 0 Å². The van der Waals surface area contributed by atoms with Crippen LogP contribution >= 0.6 is 0 Å². The summed E-state index contributed by atoms with van der Waals surface area (Å²) >= 11 is 0. The van der Waals surface area contributed by atoms with E-state index in [-0.39, 0.29) is 22.9 Å². The minimum atomic E-state index is -0.780. The predicted molar refractivity (Wildman–Crippen MR) is 130 cm³/mol. The Morgan fingerprint density at radius 1 is 1.09 bits per heavy atom. The summed E-state index contributed by atoms with van der Waals surface area (Å²) in [6, 6.07) is 16.7. The molecule has 2 aromatic carbocycles. The van der Waals surface area contributed by atoms with Gasteiger partial charge in [-0.15, -0.1) is 0 Å². The van der Waals surface area contributed by atoms with Gasteiger partial charge in [0, 0.05) is 23.2 Å². The Morgan fingerprint density at radius 3 is 2.59 bits per heavy atom. The van der Waals surface area contributed by atoms with Gasteiger partial charge in [-0.05, 0) is 55.5 Å². The lowest BCUT2D eigenvalue weighted by Gasteiger charge is -2.40. The lowest BCUT2D eigenvalue weighted by Crippen LogP contribution is -2.39. The minimum absolute atomic E-state index is 0.0718. The number of anilines is 1. The van der Waals surface area contributed by atoms with Gasteiger partial charge in [-0.25, -0.2) is 9.78 Å². The second kappa shape index (κ2) is 7.13. The van der Waals surface area contributed by atoms with Crippen LogP contribution in [0.4, 0.5) is 5.82 Å². The number of para-hydroxylation sites is 1. The molecule has 0 radical (unpaired) electrons. The van der Waals surface area contributed by atoms with Crippen LogP contribution in [0.5, 0.6) is 0 Å². The van der Waals surface area contributed by atoms with Gasteiger partial charge in [0.2, 0.25) is 0 Å². The van der Waals surface area contributed by atoms with Crippen molar-refractivity contribution in [3.8, 4) is 11.4 Å². The molecule has 1 saturated carbocycles. The molecule has 170 valence electrons. The first-order valence-electron chi connectivity index (χ1n) is 11.0. The zero-order valence-electron chi connectivity index (χ0n) is 18.4. The Morgan fingerprint density at radius 2 is 1.85 bits per heavy atom. The Balaban J connectivity index is 1.57. The lowest BCUT2D eigenvalue weighted by molar-refractivity contribution is -0.0320. The van der Waals surface area contributed by atoms with Crippen LogP contribution in [-0.2, 0) is 0 Å². The number of fused-ring (bicyclic) bond motifs is 2. The third kappa shape index (κ3) is 3.05. The van der Waals surface area contributed by atoms with Gasteiger partial charge >= 0.3 is 0 Å². The van der Waals surface area contributed by atoms with Crippen molar-refractivity contribution >= 4 is 27.5 Å². The molecule has 0 unspecified atom stereocenters. The van der Waals surface area contributed by atoms with Gasteiger partial charge < -0.3 is 10.8 Å². The number of aromatic nitrogens is 5. The van der Waals surface area contributed by atoms with E-state index in [1.54, 1.807) is 28.4 Å². The molecule has 0 amide bonds. The average Bonchev–Trinajstić information content (AvgIpc) is 3.22. The number of aliphatic hydroxyl groups is 1. The van der Waals surface area contributed by atoms with Crippen LogP contribution in [0, 0.1) is 0 Å². The summed E-state index contributed by atoms with van der Waals surface area (Å²) in [4.78, 5) is 26.1. The summed E-state index contributed by atoms with van der Waals surface area (Å²) in [6.45, 7) is 1.77. The number of benzene rings is 2. The molecule has 1 fully saturated rings. The minimum Gasteiger partial charge on any atom is -0.390 e. The highest BCUT2D eigenvalue weighted by molar-refractivity contribution is 5.92. The van der Waals surface area contributed by atoms with E-state index in [4.69, 9.17) is 10.8 Å². The maximum atomic E-state index is 13.4. The van der Waals surface area contributed by atoms with Crippen molar-refractivity contribution in [3.63, 3.8) is 0 Å². The second-order valence-corrected chi connectivity index (χ2v) is 9.16. The zero-order chi connectivity index (χ0) is 23.6. The maximum Gasteiger partial charge on any atom is 0.275 e. The molecule has 9 heteroatoms. The van der Waals surface area contributed by atoms with Crippen molar-refractivity contribution in [1.29, 1.82) is 0 Å². The highest BCUT2D eigenvalue weighted by Crippen LogP contribution is 2.45. The first kappa shape index (κ1) is 20.4. The Labute approximate surface area is 193 Å². The Hall–Kier alpha value is -4.24. The number of nitrogens with two attached hydrogens (primary N) is 1. The van der Waals surface area contributed by atoms with Crippen molar-refractivity contribution in [2.75, 3.05) is 5.73 Å². The van der Waals surface area contributed by atoms with E-state index in [0.29, 0.717) is 40.5 Å². The largest absolute Gasteiger partial charge is 0.390 e. The molecular formula is C25H22N6O3. The van der Waals surface area contributed by atoms with E-state index < -0.39 is 5.60 Å². The molecular weight excluding hydrogens is 432 g/mol. The summed E-state index contributed by atoms with van der Waals surface area (Å²) in [5.41, 5.74) is 7.17. The van der Waals surface area contributed by atoms with E-state index in [2.05, 4.69) is 10.2 Å². The monoisotopic (exact) mass is 454 g/mol. The summed E-state index contributed by atoms with van der Waals surface area (Å²) in [7, 11) is 0. The number of rotatable bonds is 3. The molecule has 0 atom stereocenters. The molecule has 34 heavy (non-hydrogen) atoms. The number of hydrogen-bond acceptors (Lipinski definition) is 6. The van der Waals surface area contributed by atoms with Crippen LogP contribution < -0.4 is 16.9 Å². The zero-order valence-corrected chi connectivity index (χ0v) is 18.4. The van der Waals surface area contributed by atoms with E-state index in [1.807, 2.05) is 48.5 Å². The molecule has 0 aliphatic heterocycles. The summed E-state index contributed by atoms with van der Waals surface area (Å²) in [5.74, 6) is 0.0618. The van der Waals surface area contributed by atoms with E-state index in [0.717, 1.165) is 11.1 Å². The molecule has 1 aliphatic carbocycles. The van der Waals surface area contributed by atoms with Gasteiger partial charge in [0.25, 0.3) is 11.1 Å². The van der Waals surface area contributed by atoms with Crippen LogP contribution in [-0.4, -0.2) is 35.3 Å². The molecule has 3 aromatic heterocycles. The van der Waals surface area contributed by atoms with Gasteiger partial charge in [0.15, 0.2) is 5.82 Å². The first-order chi connectivity index (χ1) is 16.3. The number of nitrogen functional groups attached to an aromatic ring is 1. The fraction of sp³-hybridized carbons (Fsp3) is 0.200. The standard InChI is InChI=1S/C25H22N6O3/c1-25(34)12-15(13-25)20-19-21(22(26)27-28-23(19)32)31(29-20)17-8-7-14-9-10-30(24(33)18(14)11-17)16-5-3-2-4-6-16/h2-11,15,34H,12-13H2,1H3,(H2,26,27)(H,28,32). The normalized spacial score (nSPS) is 20.0. The van der Waals surface area contributed by atoms with Crippen molar-refractivity contribution in [1.82, 2.24) is 24.5 Å². The molecule has 6 rings (SSSR count). The van der Waals surface area contributed by atoms with Crippen molar-refractivity contribution < 1.29 is 5.11 Å². The number of nitrogens with one attached hydrogen (secondary N) is 1. The molecule has 9 nitrogen and oxygen atoms in total. The van der Waals surface area contributed by atoms with Crippen molar-refractivity contribution in [2.45, 2.75) is 31.3 Å². The third-order valence-electron chi connectivity index (χ3n) is 6.59. The molecule has 0 spiro atoms. The average molecular weight is 454 g/mol. The first-order valence-corrected chi connectivity index (χ1v) is 11.0. The third-order valence-corrected chi connectivity index (χ3v) is 6.59. The van der Waals surface area contributed by atoms with Gasteiger partial charge in [-0.1, -0.05) is 24.3 Å². The van der Waals surface area contributed by atoms with E-state index in [9.17, 15) is 14.7 Å². The van der Waals surface area contributed by atoms with Gasteiger partial charge in [0.05, 0.1) is 22.4 Å². The Bertz CT molecular complexity index is 1690. The smallest absolute Gasteiger partial charge is 0.275 e. The number of H-pyrrole nitrogens is 1. The topological polar surface area (TPSA) is 132 Å². The molecule has 3 heterocycles. The van der Waals surface area contributed by atoms with Crippen LogP contribution in [0.1, 0.15) is 31.4 Å². The van der Waals surface area contributed by atoms with Gasteiger partial charge in [-0.2, -0.15) is 10.2 Å². The predicted octanol–water partition coefficient (Wildman–Crippen LogP) is 2.62. The molecule has 0 bridgehead atoms. The molecule has 4 N–H and O–H groups in total. The van der Waals surface area contributed by atoms with Crippen molar-refractivity contribution in [2.24, 2.45) is 0 Å². The lowest BCUT2D eigenvalue weighted by atomic mass is 9.70. The second-order valence-electron chi connectivity index (χ2n) is 9.16. The molecule has 1 aliphatic rings. The molecule has 5 aromatic rings. The summed E-state index contributed by atoms with van der Waals surface area (Å²) in [5, 5.41) is 23.0. The number of aromatic amines is 1. The SMILES string of the molecule is CC1(O)CC(c2nn(-c3ccc4ccn(-c5ccccc5)c(=O)c4c3)c3c(N)n[nH]c(=O)c23)C1. The fourth-order valence-corrected chi connectivity index (χ4v) is 4.93. The van der Waals surface area contributed by atoms with Crippen molar-refractivity contribution in [3.05, 3.63) is 87.2 Å². The van der Waals surface area contributed by atoms with E-state index in [1.165, 1.54) is 0 Å². The van der Waals surface area contributed by atoms with Crippen LogP contribution in [0.15, 0.2) is 70.4 Å². The summed E-state index contributed by atoms with van der Waals surface area (Å²) < 4.78 is 3.17. The highest BCUT2D eigenvalue weighted by atomic mass is 16.3. The van der Waals surface area contributed by atoms with Crippen LogP contribution in [0.2, 0.25) is 0 Å². The quantitative estimate of drug-likeness (QED) is 0.384. The number of pyridine rings is 1. The number of nitrogens with zero attached hydrogens (tertiary/aromatic N) is 4. The van der Waals surface area contributed by atoms with Gasteiger partial charge in [-0.3, -0.25) is 14.2 Å². The van der Waals surface area contributed by atoms with E-state index >= 15 is 0 Å².